The monoisotopic (exact) mass is 420 g/mol. The Morgan fingerprint density at radius 2 is 1.32 bits per heavy atom. The molecule has 0 bridgehead atoms. The molecule has 2 rings (SSSR count). The highest BCUT2D eigenvalue weighted by Gasteiger charge is 2.37. The second-order valence-corrected chi connectivity index (χ2v) is 6.71. The number of halogens is 6. The van der Waals surface area contributed by atoms with Crippen LogP contribution < -0.4 is 10.6 Å². The topological polar surface area (TPSA) is 24.1 Å². The van der Waals surface area contributed by atoms with Crippen molar-refractivity contribution in [2.24, 2.45) is 0 Å². The maximum absolute atomic E-state index is 12.9. The molecule has 1 atom stereocenters. The van der Waals surface area contributed by atoms with Crippen molar-refractivity contribution in [2.45, 2.75) is 38.5 Å². The fourth-order valence-corrected chi connectivity index (χ4v) is 2.69. The highest BCUT2D eigenvalue weighted by atomic mass is 32.1. The Kier molecular flexibility index (Phi) is 6.59. The molecule has 2 aromatic carbocycles. The number of anilines is 2. The molecule has 28 heavy (non-hydrogen) atoms. The maximum Gasteiger partial charge on any atom is 0.416 e. The first-order chi connectivity index (χ1) is 12.9. The average molecular weight is 420 g/mol. The average Bonchev–Trinajstić information content (AvgIpc) is 2.59. The first-order valence-electron chi connectivity index (χ1n) is 8.37. The molecule has 0 spiro atoms. The van der Waals surface area contributed by atoms with Crippen molar-refractivity contribution in [1.82, 2.24) is 0 Å². The summed E-state index contributed by atoms with van der Waals surface area (Å²) in [6, 6.07) is 8.46. The molecule has 152 valence electrons. The zero-order valence-corrected chi connectivity index (χ0v) is 15.8. The molecule has 0 aliphatic heterocycles. The van der Waals surface area contributed by atoms with Crippen molar-refractivity contribution in [3.63, 3.8) is 0 Å². The SMILES string of the molecule is CCC(C)c1ccc(NC(=S)Nc2cc(C(F)(F)F)cc(C(F)(F)F)c2)cc1. The smallest absolute Gasteiger partial charge is 0.332 e. The largest absolute Gasteiger partial charge is 0.416 e. The molecule has 0 amide bonds. The van der Waals surface area contributed by atoms with E-state index in [0.29, 0.717) is 23.7 Å². The molecular weight excluding hydrogens is 402 g/mol. The third kappa shape index (κ3) is 5.85. The number of alkyl halides is 6. The number of benzene rings is 2. The van der Waals surface area contributed by atoms with Gasteiger partial charge in [-0.3, -0.25) is 0 Å². The van der Waals surface area contributed by atoms with Gasteiger partial charge in [0.25, 0.3) is 0 Å². The number of thiocarbonyl (C=S) groups is 1. The van der Waals surface area contributed by atoms with Gasteiger partial charge in [-0.2, -0.15) is 26.3 Å². The number of hydrogen-bond acceptors (Lipinski definition) is 1. The van der Waals surface area contributed by atoms with E-state index < -0.39 is 29.2 Å². The van der Waals surface area contributed by atoms with Crippen LogP contribution in [0.5, 0.6) is 0 Å². The van der Waals surface area contributed by atoms with E-state index in [2.05, 4.69) is 24.5 Å². The van der Waals surface area contributed by atoms with Gasteiger partial charge < -0.3 is 10.6 Å². The third-order valence-electron chi connectivity index (χ3n) is 4.20. The molecule has 0 heterocycles. The summed E-state index contributed by atoms with van der Waals surface area (Å²) in [5, 5.41) is 5.01. The van der Waals surface area contributed by atoms with Crippen molar-refractivity contribution in [3.8, 4) is 0 Å². The molecule has 0 aromatic heterocycles. The molecule has 0 radical (unpaired) electrons. The van der Waals surface area contributed by atoms with Crippen LogP contribution in [-0.4, -0.2) is 5.11 Å². The summed E-state index contributed by atoms with van der Waals surface area (Å²) >= 11 is 5.01. The van der Waals surface area contributed by atoms with Gasteiger partial charge in [0.05, 0.1) is 11.1 Å². The quantitative estimate of drug-likeness (QED) is 0.410. The van der Waals surface area contributed by atoms with Gasteiger partial charge >= 0.3 is 12.4 Å². The Bertz CT molecular complexity index is 796. The standard InChI is InChI=1S/C19H18F6N2S/c1-3-11(2)12-4-6-15(7-5-12)26-17(28)27-16-9-13(18(20,21)22)8-14(10-16)19(23,24)25/h4-11H,3H2,1-2H3,(H2,26,27,28). The van der Waals surface area contributed by atoms with E-state index in [1.165, 1.54) is 0 Å². The molecule has 0 saturated carbocycles. The van der Waals surface area contributed by atoms with E-state index in [4.69, 9.17) is 12.2 Å². The third-order valence-corrected chi connectivity index (χ3v) is 4.40. The van der Waals surface area contributed by atoms with Gasteiger partial charge in [-0.25, -0.2) is 0 Å². The lowest BCUT2D eigenvalue weighted by atomic mass is 9.99. The molecule has 1 unspecified atom stereocenters. The number of rotatable bonds is 4. The van der Waals surface area contributed by atoms with Gasteiger partial charge in [-0.05, 0) is 60.5 Å². The predicted octanol–water partition coefficient (Wildman–Crippen LogP) is 7.05. The van der Waals surface area contributed by atoms with Gasteiger partial charge in [-0.1, -0.05) is 26.0 Å². The molecule has 2 nitrogen and oxygen atoms in total. The molecule has 0 aliphatic rings. The fraction of sp³-hybridized carbons (Fsp3) is 0.316. The van der Waals surface area contributed by atoms with E-state index in [1.807, 2.05) is 12.1 Å². The van der Waals surface area contributed by atoms with Crippen LogP contribution >= 0.6 is 12.2 Å². The number of hydrogen-bond donors (Lipinski definition) is 2. The van der Waals surface area contributed by atoms with E-state index in [1.54, 1.807) is 12.1 Å². The van der Waals surface area contributed by atoms with Crippen LogP contribution in [0.3, 0.4) is 0 Å². The van der Waals surface area contributed by atoms with E-state index >= 15 is 0 Å². The molecule has 0 saturated heterocycles. The van der Waals surface area contributed by atoms with Crippen molar-refractivity contribution < 1.29 is 26.3 Å². The van der Waals surface area contributed by atoms with Crippen LogP contribution in [0.4, 0.5) is 37.7 Å². The minimum absolute atomic E-state index is 0.0648. The minimum Gasteiger partial charge on any atom is -0.332 e. The summed E-state index contributed by atoms with van der Waals surface area (Å²) in [6.45, 7) is 4.13. The lowest BCUT2D eigenvalue weighted by molar-refractivity contribution is -0.143. The van der Waals surface area contributed by atoms with Crippen molar-refractivity contribution in [3.05, 3.63) is 59.2 Å². The first kappa shape index (κ1) is 22.0. The van der Waals surface area contributed by atoms with Gasteiger partial charge in [-0.15, -0.1) is 0 Å². The summed E-state index contributed by atoms with van der Waals surface area (Å²) in [4.78, 5) is 0. The Labute approximate surface area is 163 Å². The van der Waals surface area contributed by atoms with Crippen LogP contribution in [0, 0.1) is 0 Å². The summed E-state index contributed by atoms with van der Waals surface area (Å²) in [5.74, 6) is 0.366. The Hall–Kier alpha value is -2.29. The second kappa shape index (κ2) is 8.38. The van der Waals surface area contributed by atoms with E-state index in [0.717, 1.165) is 12.0 Å². The summed E-state index contributed by atoms with van der Waals surface area (Å²) in [6.07, 6.45) is -8.87. The van der Waals surface area contributed by atoms with Crippen LogP contribution in [-0.2, 0) is 12.4 Å². The zero-order valence-electron chi connectivity index (χ0n) is 15.0. The van der Waals surface area contributed by atoms with Gasteiger partial charge in [0.2, 0.25) is 0 Å². The summed E-state index contributed by atoms with van der Waals surface area (Å²) < 4.78 is 77.5. The van der Waals surface area contributed by atoms with Crippen LogP contribution in [0.15, 0.2) is 42.5 Å². The molecular formula is C19H18F6N2S. The van der Waals surface area contributed by atoms with Gasteiger partial charge in [0.15, 0.2) is 5.11 Å². The number of nitrogens with one attached hydrogen (secondary N) is 2. The molecule has 0 aliphatic carbocycles. The fourth-order valence-electron chi connectivity index (χ4n) is 2.45. The van der Waals surface area contributed by atoms with Crippen LogP contribution in [0.1, 0.15) is 42.9 Å². The normalized spacial score (nSPS) is 13.1. The van der Waals surface area contributed by atoms with Gasteiger partial charge in [0.1, 0.15) is 0 Å². The minimum atomic E-state index is -4.92. The lowest BCUT2D eigenvalue weighted by Gasteiger charge is -2.16. The highest BCUT2D eigenvalue weighted by molar-refractivity contribution is 7.80. The van der Waals surface area contributed by atoms with Gasteiger partial charge in [0, 0.05) is 11.4 Å². The Morgan fingerprint density at radius 3 is 1.75 bits per heavy atom. The van der Waals surface area contributed by atoms with Crippen LogP contribution in [0.25, 0.3) is 0 Å². The second-order valence-electron chi connectivity index (χ2n) is 6.30. The Balaban J connectivity index is 2.19. The Morgan fingerprint density at radius 1 is 0.857 bits per heavy atom. The first-order valence-corrected chi connectivity index (χ1v) is 8.78. The van der Waals surface area contributed by atoms with E-state index in [9.17, 15) is 26.3 Å². The highest BCUT2D eigenvalue weighted by Crippen LogP contribution is 2.37. The molecule has 2 aromatic rings. The summed E-state index contributed by atoms with van der Waals surface area (Å²) in [7, 11) is 0. The van der Waals surface area contributed by atoms with E-state index in [-0.39, 0.29) is 11.2 Å². The molecule has 2 N–H and O–H groups in total. The molecule has 0 fully saturated rings. The summed E-state index contributed by atoms with van der Waals surface area (Å²) in [5.41, 5.74) is -1.56. The van der Waals surface area contributed by atoms with Crippen LogP contribution in [0.2, 0.25) is 0 Å². The zero-order chi connectivity index (χ0) is 21.1. The predicted molar refractivity (Wildman–Crippen MR) is 101 cm³/mol. The van der Waals surface area contributed by atoms with Crippen molar-refractivity contribution in [1.29, 1.82) is 0 Å². The maximum atomic E-state index is 12.9. The molecule has 9 heteroatoms. The lowest BCUT2D eigenvalue weighted by Crippen LogP contribution is -2.20. The van der Waals surface area contributed by atoms with Crippen molar-refractivity contribution >= 4 is 28.7 Å². The van der Waals surface area contributed by atoms with Crippen molar-refractivity contribution in [2.75, 3.05) is 10.6 Å².